The molecule has 0 spiro atoms. The lowest BCUT2D eigenvalue weighted by atomic mass is 10.2. The summed E-state index contributed by atoms with van der Waals surface area (Å²) in [7, 11) is 5.17. The number of carbonyl (C=O) groups is 1. The lowest BCUT2D eigenvalue weighted by molar-refractivity contribution is -0.885. The highest BCUT2D eigenvalue weighted by Crippen LogP contribution is 2.27. The highest BCUT2D eigenvalue weighted by atomic mass is 35.5. The summed E-state index contributed by atoms with van der Waals surface area (Å²) in [5.41, 5.74) is 1.69. The van der Waals surface area contributed by atoms with Gasteiger partial charge in [-0.1, -0.05) is 23.7 Å². The van der Waals surface area contributed by atoms with Gasteiger partial charge in [-0.05, 0) is 30.3 Å². The molecule has 2 aromatic carbocycles. The molecule has 1 amide bonds. The number of anilines is 1. The fourth-order valence-electron chi connectivity index (χ4n) is 2.43. The van der Waals surface area contributed by atoms with Crippen LogP contribution in [0, 0.1) is 0 Å². The van der Waals surface area contributed by atoms with Crippen LogP contribution in [0.5, 0.6) is 11.5 Å². The zero-order valence-corrected chi connectivity index (χ0v) is 14.8. The number of ether oxygens (including phenoxy) is 2. The first-order valence-corrected chi connectivity index (χ1v) is 7.98. The van der Waals surface area contributed by atoms with Crippen molar-refractivity contribution in [2.24, 2.45) is 0 Å². The number of amides is 1. The maximum atomic E-state index is 12.2. The van der Waals surface area contributed by atoms with Crippen LogP contribution in [0.15, 0.2) is 42.5 Å². The Labute approximate surface area is 147 Å². The largest absolute Gasteiger partial charge is 0.493 e. The minimum absolute atomic E-state index is 0.0823. The minimum atomic E-state index is -0.0823. The summed E-state index contributed by atoms with van der Waals surface area (Å²) in [6.07, 6.45) is 0. The van der Waals surface area contributed by atoms with Crippen molar-refractivity contribution < 1.29 is 19.2 Å². The van der Waals surface area contributed by atoms with Gasteiger partial charge >= 0.3 is 0 Å². The van der Waals surface area contributed by atoms with Gasteiger partial charge in [-0.25, -0.2) is 0 Å². The van der Waals surface area contributed by atoms with Gasteiger partial charge in [0.2, 0.25) is 0 Å². The number of carbonyl (C=O) groups excluding carboxylic acids is 1. The van der Waals surface area contributed by atoms with Gasteiger partial charge in [0.1, 0.15) is 6.54 Å². The molecule has 0 bridgehead atoms. The number of para-hydroxylation sites is 1. The van der Waals surface area contributed by atoms with E-state index < -0.39 is 0 Å². The maximum Gasteiger partial charge on any atom is 0.279 e. The molecule has 0 saturated carbocycles. The van der Waals surface area contributed by atoms with Crippen LogP contribution in [-0.2, 0) is 11.3 Å². The summed E-state index contributed by atoms with van der Waals surface area (Å²) >= 11 is 6.05. The number of hydrogen-bond acceptors (Lipinski definition) is 3. The highest BCUT2D eigenvalue weighted by Gasteiger charge is 2.13. The highest BCUT2D eigenvalue weighted by molar-refractivity contribution is 6.33. The van der Waals surface area contributed by atoms with E-state index in [1.54, 1.807) is 26.4 Å². The molecule has 128 valence electrons. The molecule has 0 saturated heterocycles. The quantitative estimate of drug-likeness (QED) is 0.804. The van der Waals surface area contributed by atoms with E-state index >= 15 is 0 Å². The zero-order chi connectivity index (χ0) is 17.5. The molecular formula is C18H22ClN2O3+. The van der Waals surface area contributed by atoms with Crippen LogP contribution < -0.4 is 19.7 Å². The Morgan fingerprint density at radius 3 is 2.50 bits per heavy atom. The smallest absolute Gasteiger partial charge is 0.279 e. The van der Waals surface area contributed by atoms with Gasteiger partial charge in [0.05, 0.1) is 32.0 Å². The molecule has 0 aromatic heterocycles. The summed E-state index contributed by atoms with van der Waals surface area (Å²) < 4.78 is 10.5. The van der Waals surface area contributed by atoms with Crippen molar-refractivity contribution in [2.75, 3.05) is 33.1 Å². The Kier molecular flexibility index (Phi) is 6.46. The molecular weight excluding hydrogens is 328 g/mol. The maximum absolute atomic E-state index is 12.2. The van der Waals surface area contributed by atoms with Crippen molar-refractivity contribution in [3.05, 3.63) is 53.1 Å². The van der Waals surface area contributed by atoms with Crippen LogP contribution in [0.3, 0.4) is 0 Å². The van der Waals surface area contributed by atoms with Crippen LogP contribution >= 0.6 is 11.6 Å². The van der Waals surface area contributed by atoms with E-state index in [4.69, 9.17) is 21.1 Å². The molecule has 0 aliphatic rings. The first-order valence-electron chi connectivity index (χ1n) is 7.60. The van der Waals surface area contributed by atoms with Crippen LogP contribution in [0.25, 0.3) is 0 Å². The molecule has 0 heterocycles. The fourth-order valence-corrected chi connectivity index (χ4v) is 2.62. The van der Waals surface area contributed by atoms with Crippen molar-refractivity contribution in [2.45, 2.75) is 6.54 Å². The molecule has 0 aliphatic carbocycles. The molecule has 1 atom stereocenters. The third-order valence-electron chi connectivity index (χ3n) is 3.56. The van der Waals surface area contributed by atoms with Crippen molar-refractivity contribution in [1.82, 2.24) is 0 Å². The second-order valence-corrected chi connectivity index (χ2v) is 5.94. The average Bonchev–Trinajstić information content (AvgIpc) is 2.56. The van der Waals surface area contributed by atoms with Crippen LogP contribution in [0.4, 0.5) is 5.69 Å². The van der Waals surface area contributed by atoms with Crippen LogP contribution in [-0.4, -0.2) is 33.7 Å². The van der Waals surface area contributed by atoms with Crippen molar-refractivity contribution in [3.8, 4) is 11.5 Å². The van der Waals surface area contributed by atoms with E-state index in [1.165, 1.54) is 0 Å². The SMILES string of the molecule is COc1ccc(C[NH+](C)CC(=O)Nc2ccccc2Cl)cc1OC. The molecule has 24 heavy (non-hydrogen) atoms. The Morgan fingerprint density at radius 2 is 1.83 bits per heavy atom. The van der Waals surface area contributed by atoms with E-state index in [0.29, 0.717) is 35.3 Å². The van der Waals surface area contributed by atoms with Gasteiger partial charge in [-0.15, -0.1) is 0 Å². The third kappa shape index (κ3) is 4.88. The lowest BCUT2D eigenvalue weighted by Gasteiger charge is -2.15. The second-order valence-electron chi connectivity index (χ2n) is 5.53. The van der Waals surface area contributed by atoms with E-state index in [2.05, 4.69) is 5.32 Å². The van der Waals surface area contributed by atoms with Crippen molar-refractivity contribution in [1.29, 1.82) is 0 Å². The normalized spacial score (nSPS) is 11.7. The zero-order valence-electron chi connectivity index (χ0n) is 14.1. The number of benzene rings is 2. The topological polar surface area (TPSA) is 52.0 Å². The number of hydrogen-bond donors (Lipinski definition) is 2. The van der Waals surface area contributed by atoms with Crippen molar-refractivity contribution in [3.63, 3.8) is 0 Å². The second kappa shape index (κ2) is 8.57. The summed E-state index contributed by atoms with van der Waals surface area (Å²) in [4.78, 5) is 13.2. The van der Waals surface area contributed by atoms with E-state index in [9.17, 15) is 4.79 Å². The molecule has 0 fully saturated rings. The summed E-state index contributed by atoms with van der Waals surface area (Å²) in [6, 6.07) is 13.0. The number of quaternary nitrogens is 1. The number of methoxy groups -OCH3 is 2. The molecule has 5 nitrogen and oxygen atoms in total. The van der Waals surface area contributed by atoms with Crippen LogP contribution in [0.2, 0.25) is 5.02 Å². The average molecular weight is 350 g/mol. The lowest BCUT2D eigenvalue weighted by Crippen LogP contribution is -3.08. The Bertz CT molecular complexity index is 706. The predicted octanol–water partition coefficient (Wildman–Crippen LogP) is 2.01. The van der Waals surface area contributed by atoms with Gasteiger partial charge in [0.15, 0.2) is 18.0 Å². The Balaban J connectivity index is 1.94. The summed E-state index contributed by atoms with van der Waals surface area (Å²) in [5.74, 6) is 1.29. The molecule has 1 unspecified atom stereocenters. The standard InChI is InChI=1S/C18H21ClN2O3/c1-21(11-13-8-9-16(23-2)17(10-13)24-3)12-18(22)20-15-7-5-4-6-14(15)19/h4-10H,11-12H2,1-3H3,(H,20,22)/p+1. The summed E-state index contributed by atoms with van der Waals surface area (Å²) in [6.45, 7) is 1.02. The molecule has 0 radical (unpaired) electrons. The van der Waals surface area contributed by atoms with Gasteiger partial charge in [0, 0.05) is 5.56 Å². The van der Waals surface area contributed by atoms with Crippen molar-refractivity contribution >= 4 is 23.2 Å². The number of halogens is 1. The predicted molar refractivity (Wildman–Crippen MR) is 95.1 cm³/mol. The Morgan fingerprint density at radius 1 is 1.12 bits per heavy atom. The minimum Gasteiger partial charge on any atom is -0.493 e. The number of nitrogens with one attached hydrogen (secondary N) is 2. The van der Waals surface area contributed by atoms with Gasteiger partial charge < -0.3 is 19.7 Å². The number of rotatable bonds is 7. The molecule has 0 aliphatic heterocycles. The first kappa shape index (κ1) is 18.1. The monoisotopic (exact) mass is 349 g/mol. The van der Waals surface area contributed by atoms with E-state index in [-0.39, 0.29) is 5.91 Å². The Hall–Kier alpha value is -2.24. The first-order chi connectivity index (χ1) is 11.5. The van der Waals surface area contributed by atoms with Gasteiger partial charge in [-0.2, -0.15) is 0 Å². The van der Waals surface area contributed by atoms with Gasteiger partial charge in [0.25, 0.3) is 5.91 Å². The van der Waals surface area contributed by atoms with E-state index in [0.717, 1.165) is 10.5 Å². The fraction of sp³-hybridized carbons (Fsp3) is 0.278. The molecule has 2 N–H and O–H groups in total. The van der Waals surface area contributed by atoms with E-state index in [1.807, 2.05) is 37.4 Å². The molecule has 2 aromatic rings. The van der Waals surface area contributed by atoms with Crippen LogP contribution in [0.1, 0.15) is 5.56 Å². The molecule has 2 rings (SSSR count). The number of likely N-dealkylation sites (N-methyl/N-ethyl adjacent to an activating group) is 1. The summed E-state index contributed by atoms with van der Waals surface area (Å²) in [5, 5.41) is 3.36. The molecule has 6 heteroatoms. The van der Waals surface area contributed by atoms with Gasteiger partial charge in [-0.3, -0.25) is 4.79 Å². The third-order valence-corrected chi connectivity index (χ3v) is 3.89.